The predicted octanol–water partition coefficient (Wildman–Crippen LogP) is 2.66. The molecular formula is C35H42N4O6. The maximum absolute atomic E-state index is 11.6. The molecule has 4 aromatic heterocycles. The van der Waals surface area contributed by atoms with Crippen LogP contribution in [0.2, 0.25) is 0 Å². The van der Waals surface area contributed by atoms with Gasteiger partial charge in [-0.2, -0.15) is 0 Å². The maximum atomic E-state index is 11.6. The summed E-state index contributed by atoms with van der Waals surface area (Å²) < 4.78 is 5.78. The average Bonchev–Trinajstić information content (AvgIpc) is 3.63. The Bertz CT molecular complexity index is 2050. The number of nitrogens with one attached hydrogen (secondary N) is 4. The molecule has 5 heterocycles. The minimum absolute atomic E-state index is 0.0276. The largest absolute Gasteiger partial charge is 0.481 e. The molecule has 5 rings (SSSR count). The molecule has 1 aliphatic rings. The van der Waals surface area contributed by atoms with Crippen LogP contribution in [0.1, 0.15) is 106 Å². The Hall–Kier alpha value is -4.54. The van der Waals surface area contributed by atoms with E-state index in [1.54, 1.807) is 14.0 Å². The lowest BCUT2D eigenvalue weighted by molar-refractivity contribution is -0.138. The number of fused-ring (bicyclic) bond motifs is 8. The first kappa shape index (κ1) is 31.9. The summed E-state index contributed by atoms with van der Waals surface area (Å²) in [4.78, 5) is 37.4. The topological polar surface area (TPSA) is 167 Å². The summed E-state index contributed by atoms with van der Waals surface area (Å²) in [5.41, 5.74) is 10.6. The minimum Gasteiger partial charge on any atom is -0.481 e. The van der Waals surface area contributed by atoms with Crippen molar-refractivity contribution in [1.82, 2.24) is 19.9 Å². The van der Waals surface area contributed by atoms with Crippen molar-refractivity contribution >= 4 is 36.2 Å². The van der Waals surface area contributed by atoms with Crippen LogP contribution in [0.3, 0.4) is 0 Å². The van der Waals surface area contributed by atoms with Gasteiger partial charge < -0.3 is 40.0 Å². The van der Waals surface area contributed by atoms with Crippen LogP contribution >= 0.6 is 0 Å². The van der Waals surface area contributed by atoms with Crippen molar-refractivity contribution in [2.45, 2.75) is 79.4 Å². The Morgan fingerprint density at radius 1 is 0.644 bits per heavy atom. The summed E-state index contributed by atoms with van der Waals surface area (Å²) in [5.74, 6) is -1.77. The highest BCUT2D eigenvalue weighted by Crippen LogP contribution is 2.29. The second kappa shape index (κ2) is 12.5. The van der Waals surface area contributed by atoms with Gasteiger partial charge in [-0.15, -0.1) is 0 Å². The maximum Gasteiger partial charge on any atom is 0.303 e. The zero-order chi connectivity index (χ0) is 32.7. The molecule has 4 aromatic rings. The van der Waals surface area contributed by atoms with Crippen molar-refractivity contribution in [2.24, 2.45) is 0 Å². The summed E-state index contributed by atoms with van der Waals surface area (Å²) in [7, 11) is 1.67. The summed E-state index contributed by atoms with van der Waals surface area (Å²) >= 11 is 0. The lowest BCUT2D eigenvalue weighted by atomic mass is 10.0. The molecule has 1 aliphatic heterocycles. The van der Waals surface area contributed by atoms with Crippen LogP contribution in [0.5, 0.6) is 0 Å². The van der Waals surface area contributed by atoms with Crippen molar-refractivity contribution in [2.75, 3.05) is 7.11 Å². The van der Waals surface area contributed by atoms with Gasteiger partial charge in [0.15, 0.2) is 0 Å². The van der Waals surface area contributed by atoms with E-state index in [-0.39, 0.29) is 18.9 Å². The molecule has 0 fully saturated rings. The first-order valence-electron chi connectivity index (χ1n) is 15.2. The molecule has 0 aliphatic carbocycles. The van der Waals surface area contributed by atoms with E-state index in [2.05, 4.69) is 19.9 Å². The van der Waals surface area contributed by atoms with Gasteiger partial charge >= 0.3 is 11.9 Å². The first-order chi connectivity index (χ1) is 21.3. The zero-order valence-corrected chi connectivity index (χ0v) is 26.9. The van der Waals surface area contributed by atoms with Crippen molar-refractivity contribution in [1.29, 1.82) is 0 Å². The van der Waals surface area contributed by atoms with Crippen LogP contribution < -0.4 is 21.4 Å². The second-order valence-electron chi connectivity index (χ2n) is 12.0. The molecule has 10 heteroatoms. The van der Waals surface area contributed by atoms with Gasteiger partial charge in [0.25, 0.3) is 0 Å². The summed E-state index contributed by atoms with van der Waals surface area (Å²) in [6.07, 6.45) is 7.66. The molecule has 0 amide bonds. The van der Waals surface area contributed by atoms with Crippen LogP contribution in [0.15, 0.2) is 0 Å². The fourth-order valence-electron chi connectivity index (χ4n) is 6.58. The molecule has 0 spiro atoms. The van der Waals surface area contributed by atoms with Gasteiger partial charge in [0.2, 0.25) is 0 Å². The number of aliphatic hydroxyl groups excluding tert-OH is 1. The van der Waals surface area contributed by atoms with E-state index in [1.807, 2.05) is 58.9 Å². The number of carboxylic acids is 2. The van der Waals surface area contributed by atoms with Gasteiger partial charge in [-0.1, -0.05) is 0 Å². The molecule has 238 valence electrons. The van der Waals surface area contributed by atoms with Crippen molar-refractivity contribution in [3.63, 3.8) is 0 Å². The SMILES string of the molecule is CO[C@@H](C)c1c2[nH]c(c1C)C=c1[nH]c(c(C)c1[C@@H](C)O)=Cc1[nH]c(c(CCC(=O)O)c1C)C=c1[nH]c(c(C)c1CCC(=O)O)=C2. The van der Waals surface area contributed by atoms with Crippen LogP contribution in [-0.2, 0) is 27.2 Å². The molecule has 2 atom stereocenters. The lowest BCUT2D eigenvalue weighted by Crippen LogP contribution is -2.14. The zero-order valence-electron chi connectivity index (χ0n) is 26.9. The number of aliphatic hydroxyl groups is 1. The number of methoxy groups -OCH3 is 1. The van der Waals surface area contributed by atoms with E-state index in [4.69, 9.17) is 4.74 Å². The molecule has 45 heavy (non-hydrogen) atoms. The number of carboxylic acid groups (broad SMARTS) is 2. The van der Waals surface area contributed by atoms with Gasteiger partial charge in [-0.25, -0.2) is 0 Å². The van der Waals surface area contributed by atoms with Crippen LogP contribution in [-0.4, -0.2) is 54.3 Å². The highest BCUT2D eigenvalue weighted by atomic mass is 16.5. The highest BCUT2D eigenvalue weighted by molar-refractivity contribution is 5.70. The molecule has 7 N–H and O–H groups in total. The summed E-state index contributed by atoms with van der Waals surface area (Å²) in [6.45, 7) is 11.7. The Kier molecular flexibility index (Phi) is 8.82. The number of aromatic nitrogens is 4. The Morgan fingerprint density at radius 3 is 1.78 bits per heavy atom. The third-order valence-corrected chi connectivity index (χ3v) is 9.15. The number of aromatic amines is 4. The minimum atomic E-state index is -0.885. The number of ether oxygens (including phenoxy) is 1. The Labute approximate surface area is 260 Å². The number of aliphatic carboxylic acids is 2. The van der Waals surface area contributed by atoms with Crippen LogP contribution in [0.25, 0.3) is 24.3 Å². The van der Waals surface area contributed by atoms with Crippen molar-refractivity contribution < 1.29 is 29.6 Å². The van der Waals surface area contributed by atoms with Gasteiger partial charge in [0, 0.05) is 75.3 Å². The molecule has 8 bridgehead atoms. The third kappa shape index (κ3) is 6.08. The summed E-state index contributed by atoms with van der Waals surface area (Å²) in [6, 6.07) is 0. The van der Waals surface area contributed by atoms with E-state index in [0.29, 0.717) is 12.8 Å². The van der Waals surface area contributed by atoms with Gasteiger partial charge in [-0.3, -0.25) is 9.59 Å². The standard InChI is InChI=1S/C35H42N4O6/c1-16-22(8-10-32(41)42)28-15-29-23(9-11-33(43)44)17(2)25(37-29)13-31-35(21(6)45-7)19(4)27(39-31)14-30-34(20(5)40)18(3)26(38-30)12-24(16)36-28/h12-15,20-21,36-40H,8-11H2,1-7H3,(H,41,42)(H,43,44)/t20-,21+/m1/s1. The van der Waals surface area contributed by atoms with E-state index in [1.165, 1.54) is 0 Å². The highest BCUT2D eigenvalue weighted by Gasteiger charge is 2.21. The lowest BCUT2D eigenvalue weighted by Gasteiger charge is -2.11. The summed E-state index contributed by atoms with van der Waals surface area (Å²) in [5, 5.41) is 33.1. The van der Waals surface area contributed by atoms with E-state index in [9.17, 15) is 24.9 Å². The van der Waals surface area contributed by atoms with Gasteiger partial charge in [0.1, 0.15) is 0 Å². The Balaban J connectivity index is 1.94. The van der Waals surface area contributed by atoms with E-state index in [0.717, 1.165) is 88.7 Å². The quantitative estimate of drug-likeness (QED) is 0.135. The molecule has 0 radical (unpaired) electrons. The second-order valence-corrected chi connectivity index (χ2v) is 12.0. The fourth-order valence-corrected chi connectivity index (χ4v) is 6.58. The number of hydrogen-bond donors (Lipinski definition) is 7. The third-order valence-electron chi connectivity index (χ3n) is 9.15. The fraction of sp³-hybridized carbons (Fsp3) is 0.371. The molecule has 0 saturated heterocycles. The average molecular weight is 615 g/mol. The van der Waals surface area contributed by atoms with E-state index < -0.39 is 18.0 Å². The van der Waals surface area contributed by atoms with Crippen LogP contribution in [0, 0.1) is 27.7 Å². The van der Waals surface area contributed by atoms with Crippen molar-refractivity contribution in [3.8, 4) is 0 Å². The Morgan fingerprint density at radius 2 is 1.16 bits per heavy atom. The van der Waals surface area contributed by atoms with Crippen molar-refractivity contribution in [3.05, 3.63) is 88.7 Å². The van der Waals surface area contributed by atoms with E-state index >= 15 is 0 Å². The monoisotopic (exact) mass is 614 g/mol. The molecule has 0 saturated carbocycles. The normalized spacial score (nSPS) is 13.8. The number of carbonyl (C=O) groups is 2. The molecule has 0 unspecified atom stereocenters. The molecule has 0 aromatic carbocycles. The number of H-pyrrole nitrogens is 4. The number of rotatable bonds is 9. The van der Waals surface area contributed by atoms with Gasteiger partial charge in [-0.05, 0) is 112 Å². The predicted molar refractivity (Wildman–Crippen MR) is 173 cm³/mol. The molecule has 10 nitrogen and oxygen atoms in total. The molecular weight excluding hydrogens is 572 g/mol. The smallest absolute Gasteiger partial charge is 0.303 e. The van der Waals surface area contributed by atoms with Crippen LogP contribution in [0.4, 0.5) is 0 Å². The van der Waals surface area contributed by atoms with Gasteiger partial charge in [0.05, 0.1) is 12.2 Å². The first-order valence-corrected chi connectivity index (χ1v) is 15.2. The number of hydrogen-bond acceptors (Lipinski definition) is 4.